The van der Waals surface area contributed by atoms with Crippen LogP contribution < -0.4 is 4.90 Å². The summed E-state index contributed by atoms with van der Waals surface area (Å²) in [6, 6.07) is 3.68. The van der Waals surface area contributed by atoms with Crippen LogP contribution in [0.5, 0.6) is 0 Å². The molecule has 0 bridgehead atoms. The minimum absolute atomic E-state index is 0.144. The average molecular weight is 291 g/mol. The van der Waals surface area contributed by atoms with E-state index in [0.29, 0.717) is 18.8 Å². The number of anilines is 1. The lowest BCUT2D eigenvalue weighted by Gasteiger charge is -2.33. The fourth-order valence-electron chi connectivity index (χ4n) is 2.74. The molecule has 1 aromatic heterocycles. The number of nitro groups is 1. The summed E-state index contributed by atoms with van der Waals surface area (Å²) in [5.74, 6) is 0.324. The van der Waals surface area contributed by atoms with E-state index < -0.39 is 10.7 Å². The van der Waals surface area contributed by atoms with Crippen molar-refractivity contribution in [3.63, 3.8) is 0 Å². The first kappa shape index (κ1) is 13.5. The third-order valence-electron chi connectivity index (χ3n) is 3.72. The van der Waals surface area contributed by atoms with E-state index in [1.165, 1.54) is 18.5 Å². The van der Waals surface area contributed by atoms with Gasteiger partial charge in [0.2, 0.25) is 0 Å². The second-order valence-electron chi connectivity index (χ2n) is 5.05. The molecule has 0 amide bonds. The van der Waals surface area contributed by atoms with Gasteiger partial charge in [-0.15, -0.1) is 0 Å². The molecule has 0 aliphatic carbocycles. The largest absolute Gasteiger partial charge is 0.365 e. The Balaban J connectivity index is 1.88. The summed E-state index contributed by atoms with van der Waals surface area (Å²) in [6.07, 6.45) is 3.29. The maximum atomic E-state index is 13.2. The van der Waals surface area contributed by atoms with Crippen molar-refractivity contribution in [2.45, 2.75) is 18.8 Å². The number of benzene rings is 1. The number of H-pyrrole nitrogens is 1. The van der Waals surface area contributed by atoms with Crippen LogP contribution in [0.1, 0.15) is 24.6 Å². The highest BCUT2D eigenvalue weighted by atomic mass is 19.1. The van der Waals surface area contributed by atoms with Gasteiger partial charge in [0.15, 0.2) is 0 Å². The quantitative estimate of drug-likeness (QED) is 0.692. The highest BCUT2D eigenvalue weighted by Crippen LogP contribution is 2.34. The number of nitrogens with zero attached hydrogens (tertiary/aromatic N) is 4. The van der Waals surface area contributed by atoms with Crippen molar-refractivity contribution < 1.29 is 9.31 Å². The number of halogens is 1. The molecule has 1 fully saturated rings. The Morgan fingerprint density at radius 2 is 2.33 bits per heavy atom. The minimum atomic E-state index is -0.603. The van der Waals surface area contributed by atoms with Gasteiger partial charge >= 0.3 is 0 Å². The molecule has 0 spiro atoms. The fourth-order valence-corrected chi connectivity index (χ4v) is 2.74. The average Bonchev–Trinajstić information content (AvgIpc) is 3.01. The molecule has 1 aliphatic heterocycles. The van der Waals surface area contributed by atoms with E-state index in [1.807, 2.05) is 4.90 Å². The smallest absolute Gasteiger partial charge is 0.295 e. The number of piperidine rings is 1. The van der Waals surface area contributed by atoms with Crippen LogP contribution in [0.4, 0.5) is 15.8 Å². The van der Waals surface area contributed by atoms with Crippen LogP contribution in [0, 0.1) is 15.9 Å². The number of hydrogen-bond acceptors (Lipinski definition) is 5. The molecular formula is C13H14FN5O2. The Morgan fingerprint density at radius 3 is 3.05 bits per heavy atom. The maximum absolute atomic E-state index is 13.2. The standard InChI is InChI=1S/C13H14FN5O2/c14-10-3-4-11(12(6-10)19(20)21)18-5-1-2-9(7-18)13-15-8-16-17-13/h3-4,6,8-9H,1-2,5,7H2,(H,15,16,17). The highest BCUT2D eigenvalue weighted by molar-refractivity contribution is 5.63. The predicted octanol–water partition coefficient (Wildman–Crippen LogP) is 2.24. The summed E-state index contributed by atoms with van der Waals surface area (Å²) in [5, 5.41) is 17.8. The van der Waals surface area contributed by atoms with E-state index in [4.69, 9.17) is 0 Å². The van der Waals surface area contributed by atoms with Crippen molar-refractivity contribution in [2.24, 2.45) is 0 Å². The van der Waals surface area contributed by atoms with Gasteiger partial charge in [-0.05, 0) is 25.0 Å². The van der Waals surface area contributed by atoms with Crippen LogP contribution in [0.25, 0.3) is 0 Å². The van der Waals surface area contributed by atoms with E-state index in [9.17, 15) is 14.5 Å². The first-order chi connectivity index (χ1) is 10.1. The number of nitrogens with one attached hydrogen (secondary N) is 1. The third-order valence-corrected chi connectivity index (χ3v) is 3.72. The summed E-state index contributed by atoms with van der Waals surface area (Å²) in [5.41, 5.74) is 0.249. The summed E-state index contributed by atoms with van der Waals surface area (Å²) < 4.78 is 13.2. The molecule has 8 heteroatoms. The number of hydrogen-bond donors (Lipinski definition) is 1. The first-order valence-corrected chi connectivity index (χ1v) is 6.69. The molecule has 21 heavy (non-hydrogen) atoms. The van der Waals surface area contributed by atoms with Gasteiger partial charge in [-0.3, -0.25) is 15.2 Å². The van der Waals surface area contributed by atoms with Crippen molar-refractivity contribution in [1.82, 2.24) is 15.2 Å². The second-order valence-corrected chi connectivity index (χ2v) is 5.05. The van der Waals surface area contributed by atoms with Crippen molar-refractivity contribution in [2.75, 3.05) is 18.0 Å². The Labute approximate surface area is 120 Å². The van der Waals surface area contributed by atoms with E-state index in [2.05, 4.69) is 15.2 Å². The lowest BCUT2D eigenvalue weighted by atomic mass is 9.96. The van der Waals surface area contributed by atoms with Crippen LogP contribution in [-0.4, -0.2) is 33.2 Å². The van der Waals surface area contributed by atoms with Gasteiger partial charge in [0, 0.05) is 19.0 Å². The van der Waals surface area contributed by atoms with E-state index in [-0.39, 0.29) is 11.6 Å². The summed E-state index contributed by atoms with van der Waals surface area (Å²) in [4.78, 5) is 16.6. The Bertz CT molecular complexity index is 646. The summed E-state index contributed by atoms with van der Waals surface area (Å²) >= 11 is 0. The van der Waals surface area contributed by atoms with E-state index >= 15 is 0 Å². The molecule has 7 nitrogen and oxygen atoms in total. The number of aromatic nitrogens is 3. The van der Waals surface area contributed by atoms with Crippen molar-refractivity contribution in [3.8, 4) is 0 Å². The van der Waals surface area contributed by atoms with Gasteiger partial charge in [0.05, 0.1) is 11.0 Å². The monoisotopic (exact) mass is 291 g/mol. The number of nitro benzene ring substituents is 1. The molecule has 1 saturated heterocycles. The van der Waals surface area contributed by atoms with Crippen LogP contribution in [0.15, 0.2) is 24.5 Å². The van der Waals surface area contributed by atoms with Gasteiger partial charge < -0.3 is 4.90 Å². The molecule has 2 heterocycles. The SMILES string of the molecule is O=[N+]([O-])c1cc(F)ccc1N1CCCC(c2ncn[nH]2)C1. The molecular weight excluding hydrogens is 277 g/mol. The molecule has 0 saturated carbocycles. The van der Waals surface area contributed by atoms with E-state index in [0.717, 1.165) is 24.7 Å². The molecule has 1 atom stereocenters. The zero-order valence-corrected chi connectivity index (χ0v) is 11.2. The zero-order valence-electron chi connectivity index (χ0n) is 11.2. The number of rotatable bonds is 3. The van der Waals surface area contributed by atoms with E-state index in [1.54, 1.807) is 0 Å². The Morgan fingerprint density at radius 1 is 1.48 bits per heavy atom. The van der Waals surface area contributed by atoms with Crippen LogP contribution >= 0.6 is 0 Å². The zero-order chi connectivity index (χ0) is 14.8. The van der Waals surface area contributed by atoms with Gasteiger partial charge in [0.1, 0.15) is 23.7 Å². The predicted molar refractivity (Wildman–Crippen MR) is 73.6 cm³/mol. The minimum Gasteiger partial charge on any atom is -0.365 e. The molecule has 0 radical (unpaired) electrons. The highest BCUT2D eigenvalue weighted by Gasteiger charge is 2.27. The van der Waals surface area contributed by atoms with Gasteiger partial charge in [-0.25, -0.2) is 9.37 Å². The molecule has 3 rings (SSSR count). The van der Waals surface area contributed by atoms with Crippen molar-refractivity contribution in [3.05, 3.63) is 46.3 Å². The molecule has 1 N–H and O–H groups in total. The lowest BCUT2D eigenvalue weighted by Crippen LogP contribution is -2.35. The fraction of sp³-hybridized carbons (Fsp3) is 0.385. The molecule has 2 aromatic rings. The van der Waals surface area contributed by atoms with Gasteiger partial charge in [0.25, 0.3) is 5.69 Å². The number of aromatic amines is 1. The molecule has 110 valence electrons. The second kappa shape index (κ2) is 5.47. The first-order valence-electron chi connectivity index (χ1n) is 6.69. The summed E-state index contributed by atoms with van der Waals surface area (Å²) in [7, 11) is 0. The van der Waals surface area contributed by atoms with Crippen molar-refractivity contribution in [1.29, 1.82) is 0 Å². The lowest BCUT2D eigenvalue weighted by molar-refractivity contribution is -0.384. The van der Waals surface area contributed by atoms with Crippen LogP contribution in [0.2, 0.25) is 0 Å². The molecule has 1 unspecified atom stereocenters. The topological polar surface area (TPSA) is 87.9 Å². The maximum Gasteiger partial charge on any atom is 0.295 e. The Kier molecular flexibility index (Phi) is 3.51. The third kappa shape index (κ3) is 2.69. The normalized spacial score (nSPS) is 18.7. The van der Waals surface area contributed by atoms with Crippen LogP contribution in [-0.2, 0) is 0 Å². The molecule has 1 aliphatic rings. The molecule has 1 aromatic carbocycles. The van der Waals surface area contributed by atoms with Crippen LogP contribution in [0.3, 0.4) is 0 Å². The summed E-state index contributed by atoms with van der Waals surface area (Å²) in [6.45, 7) is 1.30. The Hall–Kier alpha value is -2.51. The van der Waals surface area contributed by atoms with Gasteiger partial charge in [-0.2, -0.15) is 5.10 Å². The van der Waals surface area contributed by atoms with Gasteiger partial charge in [-0.1, -0.05) is 0 Å². The van der Waals surface area contributed by atoms with Crippen molar-refractivity contribution >= 4 is 11.4 Å².